The second-order valence-corrected chi connectivity index (χ2v) is 4.56. The number of ketones is 1. The molecule has 0 unspecified atom stereocenters. The van der Waals surface area contributed by atoms with Crippen LogP contribution in [-0.4, -0.2) is 12.9 Å². The fourth-order valence-corrected chi connectivity index (χ4v) is 2.55. The molecule has 2 aromatic rings. The number of fused-ring (bicyclic) bond motifs is 1. The summed E-state index contributed by atoms with van der Waals surface area (Å²) in [6, 6.07) is 11.9. The van der Waals surface area contributed by atoms with Gasteiger partial charge >= 0.3 is 0 Å². The first-order valence-electron chi connectivity index (χ1n) is 6.01. The van der Waals surface area contributed by atoms with E-state index in [1.165, 1.54) is 11.1 Å². The minimum atomic E-state index is 0.250. The van der Waals surface area contributed by atoms with Crippen LogP contribution in [0.5, 0.6) is 5.75 Å². The third-order valence-electron chi connectivity index (χ3n) is 3.63. The summed E-state index contributed by atoms with van der Waals surface area (Å²) in [7, 11) is 1.68. The minimum Gasteiger partial charge on any atom is -0.496 e. The van der Waals surface area contributed by atoms with Gasteiger partial charge in [0, 0.05) is 17.5 Å². The Balaban J connectivity index is 2.19. The third kappa shape index (κ3) is 1.46. The average Bonchev–Trinajstić information content (AvgIpc) is 2.39. The molecular weight excluding hydrogens is 224 g/mol. The predicted molar refractivity (Wildman–Crippen MR) is 71.2 cm³/mol. The van der Waals surface area contributed by atoms with E-state index in [0.717, 1.165) is 22.4 Å². The van der Waals surface area contributed by atoms with Gasteiger partial charge in [-0.3, -0.25) is 4.79 Å². The SMILES string of the molecule is COc1ccccc1-c1ccc2c(c1C)CC2=O. The summed E-state index contributed by atoms with van der Waals surface area (Å²) in [4.78, 5) is 11.4. The first-order chi connectivity index (χ1) is 8.72. The average molecular weight is 238 g/mol. The molecule has 0 saturated carbocycles. The van der Waals surface area contributed by atoms with Crippen molar-refractivity contribution >= 4 is 5.78 Å². The lowest BCUT2D eigenvalue weighted by molar-refractivity contribution is 0.0967. The van der Waals surface area contributed by atoms with E-state index in [2.05, 4.69) is 6.92 Å². The summed E-state index contributed by atoms with van der Waals surface area (Å²) < 4.78 is 5.40. The number of carbonyl (C=O) groups is 1. The van der Waals surface area contributed by atoms with E-state index < -0.39 is 0 Å². The van der Waals surface area contributed by atoms with E-state index in [1.54, 1.807) is 7.11 Å². The number of para-hydroxylation sites is 1. The largest absolute Gasteiger partial charge is 0.496 e. The molecule has 0 spiro atoms. The molecule has 3 rings (SSSR count). The molecule has 2 heteroatoms. The first-order valence-corrected chi connectivity index (χ1v) is 6.01. The molecule has 0 fully saturated rings. The maximum absolute atomic E-state index is 11.4. The van der Waals surface area contributed by atoms with Crippen molar-refractivity contribution in [2.24, 2.45) is 0 Å². The van der Waals surface area contributed by atoms with Crippen LogP contribution in [0.3, 0.4) is 0 Å². The summed E-state index contributed by atoms with van der Waals surface area (Å²) in [5.74, 6) is 1.12. The van der Waals surface area contributed by atoms with Gasteiger partial charge in [0.2, 0.25) is 0 Å². The van der Waals surface area contributed by atoms with E-state index >= 15 is 0 Å². The second-order valence-electron chi connectivity index (χ2n) is 4.56. The summed E-state index contributed by atoms with van der Waals surface area (Å²) in [6.45, 7) is 2.08. The second kappa shape index (κ2) is 3.98. The lowest BCUT2D eigenvalue weighted by Gasteiger charge is -2.22. The fourth-order valence-electron chi connectivity index (χ4n) is 2.55. The third-order valence-corrected chi connectivity index (χ3v) is 3.63. The normalized spacial score (nSPS) is 12.9. The summed E-state index contributed by atoms with van der Waals surface area (Å²) in [5, 5.41) is 0. The van der Waals surface area contributed by atoms with E-state index in [-0.39, 0.29) is 5.78 Å². The van der Waals surface area contributed by atoms with Crippen molar-refractivity contribution in [1.29, 1.82) is 0 Å². The standard InChI is InChI=1S/C16H14O2/c1-10-11(7-8-12-14(10)9-15(12)17)13-5-3-4-6-16(13)18-2/h3-8H,9H2,1-2H3. The van der Waals surface area contributed by atoms with Gasteiger partial charge in [0.25, 0.3) is 0 Å². The molecule has 0 saturated heterocycles. The molecule has 0 radical (unpaired) electrons. The molecule has 0 heterocycles. The Hall–Kier alpha value is -2.09. The zero-order chi connectivity index (χ0) is 12.7. The number of hydrogen-bond acceptors (Lipinski definition) is 2. The van der Waals surface area contributed by atoms with Crippen LogP contribution < -0.4 is 4.74 Å². The zero-order valence-corrected chi connectivity index (χ0v) is 10.5. The van der Waals surface area contributed by atoms with Gasteiger partial charge in [-0.2, -0.15) is 0 Å². The van der Waals surface area contributed by atoms with Crippen molar-refractivity contribution in [2.45, 2.75) is 13.3 Å². The number of ether oxygens (including phenoxy) is 1. The summed E-state index contributed by atoms with van der Waals surface area (Å²) in [5.41, 5.74) is 5.49. The van der Waals surface area contributed by atoms with Gasteiger partial charge in [-0.05, 0) is 29.7 Å². The van der Waals surface area contributed by atoms with Crippen LogP contribution in [0.4, 0.5) is 0 Å². The highest BCUT2D eigenvalue weighted by Gasteiger charge is 2.26. The van der Waals surface area contributed by atoms with Crippen LogP contribution in [0.15, 0.2) is 36.4 Å². The van der Waals surface area contributed by atoms with Gasteiger partial charge in [0.1, 0.15) is 5.75 Å². The number of rotatable bonds is 2. The number of methoxy groups -OCH3 is 1. The van der Waals surface area contributed by atoms with Crippen LogP contribution >= 0.6 is 0 Å². The Morgan fingerprint density at radius 1 is 1.00 bits per heavy atom. The maximum Gasteiger partial charge on any atom is 0.167 e. The van der Waals surface area contributed by atoms with Crippen LogP contribution in [0.25, 0.3) is 11.1 Å². The molecule has 2 aromatic carbocycles. The van der Waals surface area contributed by atoms with Gasteiger partial charge in [-0.1, -0.05) is 30.3 Å². The van der Waals surface area contributed by atoms with Crippen LogP contribution in [0.1, 0.15) is 21.5 Å². The minimum absolute atomic E-state index is 0.250. The number of Topliss-reactive ketones (excluding diaryl/α,β-unsaturated/α-hetero) is 1. The first kappa shape index (κ1) is 11.0. The molecule has 0 aromatic heterocycles. The van der Waals surface area contributed by atoms with E-state index in [9.17, 15) is 4.79 Å². The van der Waals surface area contributed by atoms with Crippen LogP contribution in [-0.2, 0) is 6.42 Å². The Morgan fingerprint density at radius 3 is 2.44 bits per heavy atom. The topological polar surface area (TPSA) is 26.3 Å². The Labute approximate surface area is 106 Å². The van der Waals surface area contributed by atoms with Crippen molar-refractivity contribution in [2.75, 3.05) is 7.11 Å². The zero-order valence-electron chi connectivity index (χ0n) is 10.5. The highest BCUT2D eigenvalue weighted by molar-refractivity contribution is 6.08. The highest BCUT2D eigenvalue weighted by atomic mass is 16.5. The maximum atomic E-state index is 11.4. The molecule has 90 valence electrons. The molecule has 18 heavy (non-hydrogen) atoms. The molecular formula is C16H14O2. The number of carbonyl (C=O) groups excluding carboxylic acids is 1. The van der Waals surface area contributed by atoms with E-state index in [4.69, 9.17) is 4.74 Å². The molecule has 2 nitrogen and oxygen atoms in total. The van der Waals surface area contributed by atoms with Gasteiger partial charge in [-0.25, -0.2) is 0 Å². The summed E-state index contributed by atoms with van der Waals surface area (Å²) >= 11 is 0. The van der Waals surface area contributed by atoms with Crippen molar-refractivity contribution in [3.63, 3.8) is 0 Å². The highest BCUT2D eigenvalue weighted by Crippen LogP contribution is 2.37. The van der Waals surface area contributed by atoms with Crippen molar-refractivity contribution in [3.05, 3.63) is 53.1 Å². The van der Waals surface area contributed by atoms with E-state index in [1.807, 2.05) is 36.4 Å². The van der Waals surface area contributed by atoms with Gasteiger partial charge in [0.05, 0.1) is 7.11 Å². The summed E-state index contributed by atoms with van der Waals surface area (Å²) in [6.07, 6.45) is 0.574. The molecule has 0 N–H and O–H groups in total. The lowest BCUT2D eigenvalue weighted by atomic mass is 9.80. The van der Waals surface area contributed by atoms with E-state index in [0.29, 0.717) is 6.42 Å². The van der Waals surface area contributed by atoms with Gasteiger partial charge in [0.15, 0.2) is 5.78 Å². The Morgan fingerprint density at radius 2 is 1.72 bits per heavy atom. The smallest absolute Gasteiger partial charge is 0.167 e. The van der Waals surface area contributed by atoms with Crippen LogP contribution in [0, 0.1) is 6.92 Å². The van der Waals surface area contributed by atoms with Crippen molar-refractivity contribution in [3.8, 4) is 16.9 Å². The van der Waals surface area contributed by atoms with Gasteiger partial charge in [-0.15, -0.1) is 0 Å². The molecule has 0 amide bonds. The Kier molecular flexibility index (Phi) is 2.44. The monoisotopic (exact) mass is 238 g/mol. The quantitative estimate of drug-likeness (QED) is 0.801. The molecule has 0 atom stereocenters. The number of benzene rings is 2. The van der Waals surface area contributed by atoms with Crippen molar-refractivity contribution < 1.29 is 9.53 Å². The molecule has 1 aliphatic carbocycles. The predicted octanol–water partition coefficient (Wildman–Crippen LogP) is 3.41. The van der Waals surface area contributed by atoms with Gasteiger partial charge < -0.3 is 4.74 Å². The molecule has 1 aliphatic rings. The number of hydrogen-bond donors (Lipinski definition) is 0. The van der Waals surface area contributed by atoms with Crippen molar-refractivity contribution in [1.82, 2.24) is 0 Å². The van der Waals surface area contributed by atoms with Crippen LogP contribution in [0.2, 0.25) is 0 Å². The molecule has 0 aliphatic heterocycles. The Bertz CT molecular complexity index is 642. The molecule has 0 bridgehead atoms. The lowest BCUT2D eigenvalue weighted by Crippen LogP contribution is -2.20. The fraction of sp³-hybridized carbons (Fsp3) is 0.188.